The highest BCUT2D eigenvalue weighted by Gasteiger charge is 2.51. The fraction of sp³-hybridized carbons (Fsp3) is 0.901. The number of rotatable bonds is 59. The van der Waals surface area contributed by atoms with E-state index in [0.29, 0.717) is 12.8 Å². The smallest absolute Gasteiger partial charge is 0.220 e. The maximum atomic E-state index is 13.3. The first-order chi connectivity index (χ1) is 41.6. The van der Waals surface area contributed by atoms with Crippen molar-refractivity contribution < 1.29 is 64.6 Å². The lowest BCUT2D eigenvalue weighted by Crippen LogP contribution is -2.65. The topological polar surface area (TPSA) is 228 Å². The van der Waals surface area contributed by atoms with E-state index in [0.717, 1.165) is 44.9 Å². The van der Waals surface area contributed by atoms with Crippen LogP contribution in [0.15, 0.2) is 36.5 Å². The summed E-state index contributed by atoms with van der Waals surface area (Å²) in [5.41, 5.74) is 0. The van der Waals surface area contributed by atoms with E-state index < -0.39 is 86.8 Å². The van der Waals surface area contributed by atoms with Crippen LogP contribution in [0, 0.1) is 0 Å². The van der Waals surface area contributed by atoms with Crippen molar-refractivity contribution in [3.05, 3.63) is 36.5 Å². The van der Waals surface area contributed by atoms with Crippen molar-refractivity contribution in [2.24, 2.45) is 0 Å². The molecule has 0 aliphatic carbocycles. The standard InChI is InChI=1S/C71H133NO13/c1-3-5-7-9-11-13-15-17-19-21-23-25-27-29-31-33-35-37-39-41-43-45-47-49-51-53-55-63(76)72-59(58-82-70-68(81)66(79)69(62(57-74)84-70)85-71-67(80)65(78)64(77)61(56-73)83-71)60(75)54-52-50-48-46-44-42-40-38-36-34-32-30-28-26-24-22-20-18-16-14-12-10-8-6-4-2/h36,38,44,46,52,54,59-62,64-71,73-75,77-81H,3-35,37,39-43,45,47-51,53,55-58H2,1-2H3,(H,72,76)/b38-36+,46-44+,54-52+. The first-order valence-corrected chi connectivity index (χ1v) is 35.7. The lowest BCUT2D eigenvalue weighted by Gasteiger charge is -2.46. The lowest BCUT2D eigenvalue weighted by molar-refractivity contribution is -0.359. The Hall–Kier alpha value is -1.79. The first kappa shape index (κ1) is 79.3. The lowest BCUT2D eigenvalue weighted by atomic mass is 9.97. The van der Waals surface area contributed by atoms with Gasteiger partial charge in [-0.1, -0.05) is 301 Å². The van der Waals surface area contributed by atoms with Crippen molar-refractivity contribution in [1.82, 2.24) is 5.32 Å². The summed E-state index contributed by atoms with van der Waals surface area (Å²) in [7, 11) is 0. The van der Waals surface area contributed by atoms with Crippen LogP contribution in [0.1, 0.15) is 316 Å². The van der Waals surface area contributed by atoms with E-state index in [2.05, 4.69) is 43.5 Å². The minimum absolute atomic E-state index is 0.247. The zero-order valence-electron chi connectivity index (χ0n) is 54.4. The molecule has 2 rings (SSSR count). The van der Waals surface area contributed by atoms with Gasteiger partial charge in [0.25, 0.3) is 0 Å². The monoisotopic (exact) mass is 1210 g/mol. The Labute approximate surface area is 519 Å². The minimum Gasteiger partial charge on any atom is -0.394 e. The quantitative estimate of drug-likeness (QED) is 0.0204. The number of allylic oxidation sites excluding steroid dienone is 5. The molecule has 12 unspecified atom stereocenters. The molecule has 2 aliphatic rings. The van der Waals surface area contributed by atoms with Gasteiger partial charge in [-0.15, -0.1) is 0 Å². The molecule has 14 nitrogen and oxygen atoms in total. The molecule has 0 saturated carbocycles. The molecule has 0 radical (unpaired) electrons. The number of carbonyl (C=O) groups is 1. The largest absolute Gasteiger partial charge is 0.394 e. The zero-order chi connectivity index (χ0) is 61.6. The number of hydrogen-bond acceptors (Lipinski definition) is 13. The van der Waals surface area contributed by atoms with Crippen molar-refractivity contribution in [1.29, 1.82) is 0 Å². The Bertz CT molecular complexity index is 1560. The highest BCUT2D eigenvalue weighted by molar-refractivity contribution is 5.76. The first-order valence-electron chi connectivity index (χ1n) is 35.7. The van der Waals surface area contributed by atoms with Crippen LogP contribution in [0.25, 0.3) is 0 Å². The molecule has 0 bridgehead atoms. The second kappa shape index (κ2) is 56.2. The molecule has 12 atom stereocenters. The summed E-state index contributed by atoms with van der Waals surface area (Å²) in [5, 5.41) is 87.4. The van der Waals surface area contributed by atoms with E-state index in [9.17, 15) is 45.6 Å². The average molecular weight is 1210 g/mol. The fourth-order valence-corrected chi connectivity index (χ4v) is 11.9. The summed E-state index contributed by atoms with van der Waals surface area (Å²) in [6, 6.07) is -0.937. The molecule has 2 heterocycles. The van der Waals surface area contributed by atoms with E-state index in [-0.39, 0.29) is 18.9 Å². The molecule has 2 saturated heterocycles. The number of ether oxygens (including phenoxy) is 4. The van der Waals surface area contributed by atoms with Crippen molar-refractivity contribution in [3.63, 3.8) is 0 Å². The SMILES string of the molecule is CCCCCCCCCCCCCCCCC/C=C/CC/C=C/CC/C=C/C(O)C(COC1OC(CO)C(OC2OC(CO)C(O)C(O)C2O)C(O)C1O)NC(=O)CCCCCCCCCCCCCCCCCCCCCCCCCCCC. The van der Waals surface area contributed by atoms with E-state index in [1.165, 1.54) is 238 Å². The van der Waals surface area contributed by atoms with Crippen LogP contribution in [-0.4, -0.2) is 140 Å². The summed E-state index contributed by atoms with van der Waals surface area (Å²) in [6.45, 7) is 2.83. The van der Waals surface area contributed by atoms with Gasteiger partial charge in [0.1, 0.15) is 48.8 Å². The second-order valence-corrected chi connectivity index (χ2v) is 25.4. The van der Waals surface area contributed by atoms with Crippen LogP contribution in [0.3, 0.4) is 0 Å². The number of aliphatic hydroxyl groups excluding tert-OH is 8. The van der Waals surface area contributed by atoms with Crippen LogP contribution in [0.5, 0.6) is 0 Å². The Morgan fingerprint density at radius 3 is 1.15 bits per heavy atom. The summed E-state index contributed by atoms with van der Waals surface area (Å²) >= 11 is 0. The van der Waals surface area contributed by atoms with Gasteiger partial charge in [0, 0.05) is 6.42 Å². The van der Waals surface area contributed by atoms with E-state index in [1.54, 1.807) is 6.08 Å². The number of unbranched alkanes of at least 4 members (excludes halogenated alkanes) is 42. The number of amides is 1. The molecule has 500 valence electrons. The van der Waals surface area contributed by atoms with Crippen molar-refractivity contribution in [2.75, 3.05) is 19.8 Å². The van der Waals surface area contributed by atoms with Gasteiger partial charge < -0.3 is 65.1 Å². The summed E-state index contributed by atoms with van der Waals surface area (Å²) in [5.74, 6) is -0.247. The molecular formula is C71H133NO13. The Morgan fingerprint density at radius 2 is 0.753 bits per heavy atom. The molecule has 0 aromatic heterocycles. The molecule has 2 fully saturated rings. The van der Waals surface area contributed by atoms with Crippen molar-refractivity contribution in [3.8, 4) is 0 Å². The van der Waals surface area contributed by atoms with Gasteiger partial charge >= 0.3 is 0 Å². The predicted molar refractivity (Wildman–Crippen MR) is 346 cm³/mol. The maximum Gasteiger partial charge on any atom is 0.220 e. The second-order valence-electron chi connectivity index (χ2n) is 25.4. The molecule has 2 aliphatic heterocycles. The molecule has 1 amide bonds. The zero-order valence-corrected chi connectivity index (χ0v) is 54.4. The number of carbonyl (C=O) groups excluding carboxylic acids is 1. The van der Waals surface area contributed by atoms with Gasteiger partial charge in [0.15, 0.2) is 12.6 Å². The summed E-state index contributed by atoms with van der Waals surface area (Å²) in [6.07, 6.45) is 54.9. The summed E-state index contributed by atoms with van der Waals surface area (Å²) in [4.78, 5) is 13.3. The fourth-order valence-electron chi connectivity index (χ4n) is 11.9. The van der Waals surface area contributed by atoms with Gasteiger partial charge in [-0.25, -0.2) is 0 Å². The van der Waals surface area contributed by atoms with Crippen LogP contribution >= 0.6 is 0 Å². The molecule has 9 N–H and O–H groups in total. The van der Waals surface area contributed by atoms with E-state index in [1.807, 2.05) is 6.08 Å². The molecule has 85 heavy (non-hydrogen) atoms. The van der Waals surface area contributed by atoms with Gasteiger partial charge in [-0.2, -0.15) is 0 Å². The maximum absolute atomic E-state index is 13.3. The molecule has 0 aromatic carbocycles. The molecule has 0 spiro atoms. The highest BCUT2D eigenvalue weighted by atomic mass is 16.7. The number of aliphatic hydroxyl groups is 8. The normalized spacial score (nSPS) is 23.7. The van der Waals surface area contributed by atoms with Crippen molar-refractivity contribution >= 4 is 5.91 Å². The van der Waals surface area contributed by atoms with Crippen LogP contribution in [-0.2, 0) is 23.7 Å². The third-order valence-corrected chi connectivity index (χ3v) is 17.6. The van der Waals surface area contributed by atoms with Gasteiger partial charge in [-0.3, -0.25) is 4.79 Å². The average Bonchev–Trinajstić information content (AvgIpc) is 3.69. The Morgan fingerprint density at radius 1 is 0.412 bits per heavy atom. The van der Waals surface area contributed by atoms with E-state index in [4.69, 9.17) is 18.9 Å². The molecule has 0 aromatic rings. The van der Waals surface area contributed by atoms with Crippen LogP contribution in [0.4, 0.5) is 0 Å². The Balaban J connectivity index is 1.70. The summed E-state index contributed by atoms with van der Waals surface area (Å²) < 4.78 is 22.8. The van der Waals surface area contributed by atoms with Gasteiger partial charge in [0.05, 0.1) is 32.0 Å². The van der Waals surface area contributed by atoms with E-state index >= 15 is 0 Å². The Kier molecular flexibility index (Phi) is 52.4. The van der Waals surface area contributed by atoms with Gasteiger partial charge in [0.2, 0.25) is 5.91 Å². The van der Waals surface area contributed by atoms with Crippen LogP contribution in [0.2, 0.25) is 0 Å². The number of nitrogens with one attached hydrogen (secondary N) is 1. The minimum atomic E-state index is -1.79. The highest BCUT2D eigenvalue weighted by Crippen LogP contribution is 2.30. The number of hydrogen-bond donors (Lipinski definition) is 9. The van der Waals surface area contributed by atoms with Crippen LogP contribution < -0.4 is 5.32 Å². The van der Waals surface area contributed by atoms with Gasteiger partial charge in [-0.05, 0) is 44.9 Å². The van der Waals surface area contributed by atoms with Crippen molar-refractivity contribution in [2.45, 2.75) is 389 Å². The predicted octanol–water partition coefficient (Wildman–Crippen LogP) is 14.5. The third kappa shape index (κ3) is 40.5. The molecule has 14 heteroatoms. The third-order valence-electron chi connectivity index (χ3n) is 17.6. The molecular weight excluding hydrogens is 1070 g/mol.